The minimum atomic E-state index is -0.377. The molecule has 2 rings (SSSR count). The number of aryl methyl sites for hydroxylation is 1. The number of aromatic nitrogens is 1. The molecule has 5 heteroatoms. The van der Waals surface area contributed by atoms with Crippen molar-refractivity contribution in [1.29, 1.82) is 0 Å². The maximum absolute atomic E-state index is 12.8. The van der Waals surface area contributed by atoms with E-state index in [1.165, 1.54) is 0 Å². The molecule has 0 saturated carbocycles. The molecule has 2 heterocycles. The summed E-state index contributed by atoms with van der Waals surface area (Å²) < 4.78 is 11.1. The van der Waals surface area contributed by atoms with Gasteiger partial charge in [0.1, 0.15) is 5.69 Å². The van der Waals surface area contributed by atoms with Crippen LogP contribution < -0.4 is 0 Å². The molecule has 0 radical (unpaired) electrons. The first-order valence-electron chi connectivity index (χ1n) is 7.36. The van der Waals surface area contributed by atoms with E-state index < -0.39 is 0 Å². The Morgan fingerprint density at radius 3 is 3.00 bits per heavy atom. The Balaban J connectivity index is 2.21. The Labute approximate surface area is 126 Å². The van der Waals surface area contributed by atoms with Gasteiger partial charge in [-0.15, -0.1) is 0 Å². The predicted octanol–water partition coefficient (Wildman–Crippen LogP) is 1.91. The summed E-state index contributed by atoms with van der Waals surface area (Å²) in [4.78, 5) is 18.9. The Morgan fingerprint density at radius 1 is 1.57 bits per heavy atom. The van der Waals surface area contributed by atoms with E-state index in [2.05, 4.69) is 4.98 Å². The number of morpholine rings is 1. The van der Waals surface area contributed by atoms with E-state index in [0.29, 0.717) is 25.4 Å². The quantitative estimate of drug-likeness (QED) is 0.850. The molecule has 1 atom stereocenters. The lowest BCUT2D eigenvalue weighted by Gasteiger charge is -2.42. The Kier molecular flexibility index (Phi) is 4.96. The number of amides is 1. The van der Waals surface area contributed by atoms with Crippen molar-refractivity contribution < 1.29 is 14.3 Å². The van der Waals surface area contributed by atoms with Crippen molar-refractivity contribution in [3.63, 3.8) is 0 Å². The van der Waals surface area contributed by atoms with Crippen molar-refractivity contribution in [2.24, 2.45) is 0 Å². The van der Waals surface area contributed by atoms with Crippen LogP contribution in [-0.4, -0.2) is 54.3 Å². The van der Waals surface area contributed by atoms with Crippen LogP contribution in [0.5, 0.6) is 0 Å². The maximum atomic E-state index is 12.8. The molecule has 116 valence electrons. The summed E-state index contributed by atoms with van der Waals surface area (Å²) in [5.74, 6) is -0.0232. The zero-order chi connectivity index (χ0) is 15.5. The third-order valence-corrected chi connectivity index (χ3v) is 3.60. The molecule has 1 fully saturated rings. The van der Waals surface area contributed by atoms with Crippen molar-refractivity contribution in [3.8, 4) is 0 Å². The summed E-state index contributed by atoms with van der Waals surface area (Å²) >= 11 is 0. The first-order chi connectivity index (χ1) is 9.96. The summed E-state index contributed by atoms with van der Waals surface area (Å²) in [5.41, 5.74) is 1.15. The monoisotopic (exact) mass is 292 g/mol. The lowest BCUT2D eigenvalue weighted by Crippen LogP contribution is -2.55. The normalized spacial score (nSPS) is 21.3. The van der Waals surface area contributed by atoms with Gasteiger partial charge in [0.2, 0.25) is 0 Å². The lowest BCUT2D eigenvalue weighted by molar-refractivity contribution is -0.143. The number of hydrogen-bond acceptors (Lipinski definition) is 4. The zero-order valence-corrected chi connectivity index (χ0v) is 13.3. The van der Waals surface area contributed by atoms with Gasteiger partial charge in [-0.05, 0) is 31.9 Å². The van der Waals surface area contributed by atoms with Crippen molar-refractivity contribution >= 4 is 5.91 Å². The van der Waals surface area contributed by atoms with E-state index in [4.69, 9.17) is 9.47 Å². The zero-order valence-electron chi connectivity index (χ0n) is 13.3. The topological polar surface area (TPSA) is 51.7 Å². The number of carbonyl (C=O) groups excluding carboxylic acids is 1. The number of ether oxygens (including phenoxy) is 2. The largest absolute Gasteiger partial charge is 0.382 e. The highest BCUT2D eigenvalue weighted by Crippen LogP contribution is 2.23. The third-order valence-electron chi connectivity index (χ3n) is 3.60. The Hall–Kier alpha value is -1.46. The number of nitrogens with zero attached hydrogens (tertiary/aromatic N) is 2. The number of methoxy groups -OCH3 is 1. The maximum Gasteiger partial charge on any atom is 0.272 e. The lowest BCUT2D eigenvalue weighted by atomic mass is 10.0. The van der Waals surface area contributed by atoms with E-state index in [0.717, 1.165) is 12.0 Å². The number of pyridine rings is 1. The molecule has 0 aromatic carbocycles. The molecule has 1 aliphatic rings. The molecular weight excluding hydrogens is 268 g/mol. The van der Waals surface area contributed by atoms with Crippen LogP contribution in [0.1, 0.15) is 36.8 Å². The van der Waals surface area contributed by atoms with Gasteiger partial charge in [0.25, 0.3) is 5.91 Å². The average molecular weight is 292 g/mol. The van der Waals surface area contributed by atoms with Crippen LogP contribution in [-0.2, 0) is 15.9 Å². The van der Waals surface area contributed by atoms with Crippen molar-refractivity contribution in [2.45, 2.75) is 38.9 Å². The molecular formula is C16H24N2O3. The van der Waals surface area contributed by atoms with Crippen LogP contribution in [0.15, 0.2) is 18.3 Å². The first-order valence-corrected chi connectivity index (χ1v) is 7.36. The van der Waals surface area contributed by atoms with Gasteiger partial charge < -0.3 is 14.4 Å². The van der Waals surface area contributed by atoms with E-state index in [9.17, 15) is 4.79 Å². The van der Waals surface area contributed by atoms with Gasteiger partial charge in [0.15, 0.2) is 0 Å². The molecule has 0 aliphatic carbocycles. The first kappa shape index (κ1) is 15.9. The molecule has 0 unspecified atom stereocenters. The minimum Gasteiger partial charge on any atom is -0.382 e. The highest BCUT2D eigenvalue weighted by atomic mass is 16.5. The van der Waals surface area contributed by atoms with Crippen LogP contribution in [0, 0.1) is 0 Å². The van der Waals surface area contributed by atoms with Crippen molar-refractivity contribution in [1.82, 2.24) is 9.88 Å². The van der Waals surface area contributed by atoms with Gasteiger partial charge in [0.05, 0.1) is 18.3 Å². The number of rotatable bonds is 4. The summed E-state index contributed by atoms with van der Waals surface area (Å²) in [5, 5.41) is 0. The predicted molar refractivity (Wildman–Crippen MR) is 80.3 cm³/mol. The van der Waals surface area contributed by atoms with E-state index in [1.54, 1.807) is 13.3 Å². The second-order valence-corrected chi connectivity index (χ2v) is 6.01. The van der Waals surface area contributed by atoms with Crippen LogP contribution in [0.4, 0.5) is 0 Å². The summed E-state index contributed by atoms with van der Waals surface area (Å²) in [6.07, 6.45) is 2.37. The minimum absolute atomic E-state index is 0.0232. The highest BCUT2D eigenvalue weighted by Gasteiger charge is 2.36. The van der Waals surface area contributed by atoms with E-state index in [-0.39, 0.29) is 17.6 Å². The van der Waals surface area contributed by atoms with Crippen LogP contribution >= 0.6 is 0 Å². The average Bonchev–Trinajstić information content (AvgIpc) is 2.45. The van der Waals surface area contributed by atoms with Crippen LogP contribution in [0.25, 0.3) is 0 Å². The van der Waals surface area contributed by atoms with Gasteiger partial charge in [-0.3, -0.25) is 9.78 Å². The Morgan fingerprint density at radius 2 is 2.33 bits per heavy atom. The number of hydrogen-bond donors (Lipinski definition) is 0. The summed E-state index contributed by atoms with van der Waals surface area (Å²) in [6.45, 7) is 7.60. The molecule has 1 saturated heterocycles. The van der Waals surface area contributed by atoms with Crippen LogP contribution in [0.3, 0.4) is 0 Å². The standard InChI is InChI=1S/C16H24N2O3/c1-5-12-7-6-8-17-14(12)15(19)18-9-13(10-20-4)21-16(2,3)11-18/h6-8,13H,5,9-11H2,1-4H3/t13-/m1/s1. The fourth-order valence-electron chi connectivity index (χ4n) is 2.79. The van der Waals surface area contributed by atoms with Gasteiger partial charge >= 0.3 is 0 Å². The second kappa shape index (κ2) is 6.54. The van der Waals surface area contributed by atoms with Gasteiger partial charge in [-0.2, -0.15) is 0 Å². The van der Waals surface area contributed by atoms with Crippen molar-refractivity contribution in [3.05, 3.63) is 29.6 Å². The van der Waals surface area contributed by atoms with E-state index >= 15 is 0 Å². The fourth-order valence-corrected chi connectivity index (χ4v) is 2.79. The Bertz CT molecular complexity index is 502. The smallest absolute Gasteiger partial charge is 0.272 e. The van der Waals surface area contributed by atoms with Gasteiger partial charge in [-0.1, -0.05) is 13.0 Å². The number of carbonyl (C=O) groups is 1. The van der Waals surface area contributed by atoms with E-state index in [1.807, 2.05) is 37.8 Å². The molecule has 1 aromatic heterocycles. The molecule has 1 amide bonds. The second-order valence-electron chi connectivity index (χ2n) is 6.01. The summed E-state index contributed by atoms with van der Waals surface area (Å²) in [7, 11) is 1.64. The molecule has 1 aliphatic heterocycles. The fraction of sp³-hybridized carbons (Fsp3) is 0.625. The third kappa shape index (κ3) is 3.80. The van der Waals surface area contributed by atoms with Gasteiger partial charge in [-0.25, -0.2) is 0 Å². The molecule has 0 spiro atoms. The molecule has 5 nitrogen and oxygen atoms in total. The highest BCUT2D eigenvalue weighted by molar-refractivity contribution is 5.93. The molecule has 1 aromatic rings. The molecule has 0 N–H and O–H groups in total. The van der Waals surface area contributed by atoms with Gasteiger partial charge in [0, 0.05) is 26.4 Å². The molecule has 0 bridgehead atoms. The molecule has 21 heavy (non-hydrogen) atoms. The van der Waals surface area contributed by atoms with Crippen LogP contribution in [0.2, 0.25) is 0 Å². The summed E-state index contributed by atoms with van der Waals surface area (Å²) in [6, 6.07) is 3.82. The van der Waals surface area contributed by atoms with Crippen molar-refractivity contribution in [2.75, 3.05) is 26.8 Å². The SMILES string of the molecule is CCc1cccnc1C(=O)N1C[C@H](COC)OC(C)(C)C1.